The molecule has 4 rings (SSSR count). The quantitative estimate of drug-likeness (QED) is 0.0825. The van der Waals surface area contributed by atoms with Crippen LogP contribution >= 0.6 is 0 Å². The summed E-state index contributed by atoms with van der Waals surface area (Å²) in [6.45, 7) is -0.310. The number of ether oxygens (including phenoxy) is 6. The molecule has 16 N–H and O–H groups in total. The summed E-state index contributed by atoms with van der Waals surface area (Å²) in [7, 11) is -3.88. The van der Waals surface area contributed by atoms with Gasteiger partial charge in [0.2, 0.25) is 10.0 Å². The molecule has 0 unspecified atom stereocenters. The molecule has 2 saturated heterocycles. The van der Waals surface area contributed by atoms with E-state index in [2.05, 4.69) is 4.72 Å². The molecule has 1 aliphatic carbocycles. The normalized spacial score (nSPS) is 45.1. The molecule has 15 atom stereocenters. The Morgan fingerprint density at radius 3 is 2.18 bits per heavy atom. The highest BCUT2D eigenvalue weighted by molar-refractivity contribution is 7.89. The van der Waals surface area contributed by atoms with E-state index in [1.165, 1.54) is 0 Å². The third-order valence-electron chi connectivity index (χ3n) is 8.25. The summed E-state index contributed by atoms with van der Waals surface area (Å²) in [4.78, 5) is 0. The Balaban J connectivity index is 1.55. The number of hydrogen-bond acceptors (Lipinski definition) is 17. The topological polar surface area (TPSA) is 318 Å². The first-order valence-corrected chi connectivity index (χ1v) is 16.5. The van der Waals surface area contributed by atoms with Crippen molar-refractivity contribution in [3.05, 3.63) is 12.2 Å². The van der Waals surface area contributed by atoms with Crippen LogP contribution in [0.2, 0.25) is 0 Å². The number of nitrogens with two attached hydrogens (primary N) is 6. The van der Waals surface area contributed by atoms with Gasteiger partial charge in [0.05, 0.1) is 48.8 Å². The Hall–Kier alpha value is -0.950. The van der Waals surface area contributed by atoms with Crippen molar-refractivity contribution in [1.29, 1.82) is 0 Å². The molecule has 18 nitrogen and oxygen atoms in total. The van der Waals surface area contributed by atoms with Crippen molar-refractivity contribution in [3.63, 3.8) is 0 Å². The molecule has 0 aromatic carbocycles. The molecule has 3 fully saturated rings. The molecule has 19 heteroatoms. The van der Waals surface area contributed by atoms with E-state index in [1.54, 1.807) is 12.2 Å². The summed E-state index contributed by atoms with van der Waals surface area (Å²) < 4.78 is 63.2. The second-order valence-corrected chi connectivity index (χ2v) is 13.5. The third kappa shape index (κ3) is 8.49. The minimum absolute atomic E-state index is 0.0381. The molecule has 256 valence electrons. The van der Waals surface area contributed by atoms with Crippen LogP contribution in [0.4, 0.5) is 0 Å². The van der Waals surface area contributed by atoms with Crippen LogP contribution in [-0.2, 0) is 38.4 Å². The van der Waals surface area contributed by atoms with Crippen LogP contribution in [0.15, 0.2) is 12.2 Å². The van der Waals surface area contributed by atoms with Crippen molar-refractivity contribution in [2.75, 3.05) is 32.0 Å². The van der Waals surface area contributed by atoms with E-state index in [9.17, 15) is 23.7 Å². The second-order valence-electron chi connectivity index (χ2n) is 11.6. The maximum Gasteiger partial charge on any atom is 0.213 e. The van der Waals surface area contributed by atoms with Crippen LogP contribution in [-0.4, -0.2) is 148 Å². The molecular formula is C25H49N7O11S. The number of nitrogens with one attached hydrogen (secondary N) is 1. The first-order valence-electron chi connectivity index (χ1n) is 14.9. The standard InChI is InChI=1S/C25H49N7O11S/c26-5-6-44(36,37)32-16-7-15(31)20(41-23-13(29)3-1-11(8-27)38-23)22(18(16)34)43-25-19(35)21(17(10-33)40-25)42-24-14(30)4-2-12(9-28)39-24/h2,4,11-25,32-35H,1,3,5-10,26-31H2/t11-,12+,13+,14+,15-,16+,17+,18-,19+,20+,21+,22+,23+,24+,25-/m0/s1. The smallest absolute Gasteiger partial charge is 0.213 e. The SMILES string of the molecule is NCCS(=O)(=O)N[C@@H]1C[C@H](N)[C@@H](O[C@H]2O[C@H](CN)CC[C@H]2N)[C@H](O[C@@H]2O[C@H](CO)[C@@H](O[C@H]3O[C@@H](CN)C=C[C@H]3N)[C@H]2O)[C@H]1O. The van der Waals surface area contributed by atoms with Gasteiger partial charge in [0.25, 0.3) is 0 Å². The summed E-state index contributed by atoms with van der Waals surface area (Å²) >= 11 is 0. The Bertz CT molecular complexity index is 1050. The average molecular weight is 656 g/mol. The molecule has 0 aromatic heterocycles. The zero-order valence-electron chi connectivity index (χ0n) is 24.5. The van der Waals surface area contributed by atoms with E-state index >= 15 is 0 Å². The molecule has 0 aromatic rings. The van der Waals surface area contributed by atoms with Gasteiger partial charge in [-0.05, 0) is 19.3 Å². The van der Waals surface area contributed by atoms with E-state index in [-0.39, 0.29) is 37.9 Å². The maximum absolute atomic E-state index is 12.5. The van der Waals surface area contributed by atoms with Gasteiger partial charge in [-0.25, -0.2) is 13.1 Å². The molecule has 3 aliphatic heterocycles. The van der Waals surface area contributed by atoms with Crippen molar-refractivity contribution in [2.45, 2.75) is 111 Å². The van der Waals surface area contributed by atoms with Crippen molar-refractivity contribution in [1.82, 2.24) is 4.72 Å². The lowest BCUT2D eigenvalue weighted by atomic mass is 9.84. The van der Waals surface area contributed by atoms with Crippen LogP contribution < -0.4 is 39.1 Å². The fourth-order valence-electron chi connectivity index (χ4n) is 5.82. The molecule has 44 heavy (non-hydrogen) atoms. The van der Waals surface area contributed by atoms with Gasteiger partial charge in [-0.15, -0.1) is 0 Å². The largest absolute Gasteiger partial charge is 0.394 e. The number of aliphatic hydroxyl groups excluding tert-OH is 3. The zero-order chi connectivity index (χ0) is 32.2. The Morgan fingerprint density at radius 1 is 0.818 bits per heavy atom. The van der Waals surface area contributed by atoms with Crippen LogP contribution in [0.25, 0.3) is 0 Å². The van der Waals surface area contributed by atoms with E-state index < -0.39 is 102 Å². The van der Waals surface area contributed by atoms with Gasteiger partial charge in [0.1, 0.15) is 30.5 Å². The lowest BCUT2D eigenvalue weighted by Crippen LogP contribution is -2.66. The van der Waals surface area contributed by atoms with Crippen LogP contribution in [0.1, 0.15) is 19.3 Å². The van der Waals surface area contributed by atoms with Gasteiger partial charge in [-0.2, -0.15) is 0 Å². The van der Waals surface area contributed by atoms with Crippen LogP contribution in [0, 0.1) is 0 Å². The van der Waals surface area contributed by atoms with E-state index in [4.69, 9.17) is 62.8 Å². The number of rotatable bonds is 13. The molecule has 0 spiro atoms. The van der Waals surface area contributed by atoms with Gasteiger partial charge < -0.3 is 78.1 Å². The van der Waals surface area contributed by atoms with Gasteiger partial charge in [0.15, 0.2) is 18.9 Å². The number of sulfonamides is 1. The highest BCUT2D eigenvalue weighted by atomic mass is 32.2. The van der Waals surface area contributed by atoms with Gasteiger partial charge >= 0.3 is 0 Å². The predicted molar refractivity (Wildman–Crippen MR) is 154 cm³/mol. The van der Waals surface area contributed by atoms with E-state index in [1.807, 2.05) is 0 Å². The van der Waals surface area contributed by atoms with E-state index in [0.29, 0.717) is 12.8 Å². The van der Waals surface area contributed by atoms with Crippen LogP contribution in [0.3, 0.4) is 0 Å². The molecule has 3 heterocycles. The third-order valence-corrected chi connectivity index (χ3v) is 9.68. The van der Waals surface area contributed by atoms with Crippen molar-refractivity contribution in [2.24, 2.45) is 34.4 Å². The number of hydrogen-bond donors (Lipinski definition) is 10. The van der Waals surface area contributed by atoms with Gasteiger partial charge in [-0.3, -0.25) is 0 Å². The fraction of sp³-hybridized carbons (Fsp3) is 0.920. The molecule has 0 radical (unpaired) electrons. The Morgan fingerprint density at radius 2 is 1.52 bits per heavy atom. The fourth-order valence-corrected chi connectivity index (χ4v) is 6.94. The zero-order valence-corrected chi connectivity index (χ0v) is 25.3. The van der Waals surface area contributed by atoms with Crippen molar-refractivity contribution in [3.8, 4) is 0 Å². The summed E-state index contributed by atoms with van der Waals surface area (Å²) in [6.07, 6.45) is -7.49. The minimum atomic E-state index is -3.88. The summed E-state index contributed by atoms with van der Waals surface area (Å²) in [5, 5.41) is 32.7. The number of aliphatic hydroxyl groups is 3. The van der Waals surface area contributed by atoms with Crippen LogP contribution in [0.5, 0.6) is 0 Å². The lowest BCUT2D eigenvalue weighted by Gasteiger charge is -2.46. The molecule has 0 bridgehead atoms. The second kappa shape index (κ2) is 15.8. The molecule has 1 saturated carbocycles. The van der Waals surface area contributed by atoms with Crippen molar-refractivity contribution < 1.29 is 52.2 Å². The molecular weight excluding hydrogens is 606 g/mol. The predicted octanol–water partition coefficient (Wildman–Crippen LogP) is -6.08. The first kappa shape index (κ1) is 35.9. The average Bonchev–Trinajstić information content (AvgIpc) is 3.28. The van der Waals surface area contributed by atoms with E-state index in [0.717, 1.165) is 0 Å². The van der Waals surface area contributed by atoms with Gasteiger partial charge in [-0.1, -0.05) is 12.2 Å². The Kier molecular flexibility index (Phi) is 12.9. The minimum Gasteiger partial charge on any atom is -0.394 e. The first-order chi connectivity index (χ1) is 20.9. The highest BCUT2D eigenvalue weighted by Crippen LogP contribution is 2.34. The highest BCUT2D eigenvalue weighted by Gasteiger charge is 2.53. The molecule has 4 aliphatic rings. The summed E-state index contributed by atoms with van der Waals surface area (Å²) in [5.74, 6) is -0.380. The monoisotopic (exact) mass is 655 g/mol. The summed E-state index contributed by atoms with van der Waals surface area (Å²) in [6, 6.07) is -3.23. The Labute approximate surface area is 256 Å². The van der Waals surface area contributed by atoms with Crippen molar-refractivity contribution >= 4 is 10.0 Å². The maximum atomic E-state index is 12.5. The van der Waals surface area contributed by atoms with Gasteiger partial charge in [0, 0.05) is 25.7 Å². The molecule has 0 amide bonds. The summed E-state index contributed by atoms with van der Waals surface area (Å²) in [5.41, 5.74) is 35.8. The lowest BCUT2D eigenvalue weighted by molar-refractivity contribution is -0.287.